The van der Waals surface area contributed by atoms with Crippen LogP contribution in [0, 0.1) is 5.82 Å². The molecular formula is C10H10ClFN2S. The Balaban J connectivity index is 2.01. The third-order valence-electron chi connectivity index (χ3n) is 2.68. The molecule has 0 N–H and O–H groups in total. The summed E-state index contributed by atoms with van der Waals surface area (Å²) in [4.78, 5) is 3.15. The summed E-state index contributed by atoms with van der Waals surface area (Å²) < 4.78 is 14.7. The molecule has 2 aliphatic rings. The second kappa shape index (κ2) is 3.54. The second-order valence-corrected chi connectivity index (χ2v) is 5.54. The van der Waals surface area contributed by atoms with Crippen molar-refractivity contribution in [2.45, 2.75) is 23.8 Å². The zero-order valence-electron chi connectivity index (χ0n) is 7.99. The monoisotopic (exact) mass is 244 g/mol. The number of fused-ring (bicyclic) bond motifs is 1. The van der Waals surface area contributed by atoms with Crippen LogP contribution in [-0.4, -0.2) is 16.5 Å². The summed E-state index contributed by atoms with van der Waals surface area (Å²) in [6.45, 7) is 0.704. The highest BCUT2D eigenvalue weighted by Crippen LogP contribution is 2.43. The number of hydrogen-bond donors (Lipinski definition) is 0. The van der Waals surface area contributed by atoms with E-state index in [1.807, 2.05) is 6.07 Å². The normalized spacial score (nSPS) is 21.6. The third kappa shape index (κ3) is 1.82. The lowest BCUT2D eigenvalue weighted by Crippen LogP contribution is -2.35. The van der Waals surface area contributed by atoms with Crippen molar-refractivity contribution in [2.75, 3.05) is 11.6 Å². The number of halogens is 2. The maximum atomic E-state index is 13.1. The van der Waals surface area contributed by atoms with Crippen LogP contribution < -0.4 is 4.90 Å². The van der Waals surface area contributed by atoms with Crippen LogP contribution in [0.4, 0.5) is 10.1 Å². The van der Waals surface area contributed by atoms with E-state index in [0.717, 1.165) is 10.6 Å². The smallest absolute Gasteiger partial charge is 0.124 e. The van der Waals surface area contributed by atoms with Crippen LogP contribution in [0.2, 0.25) is 0 Å². The molecule has 15 heavy (non-hydrogen) atoms. The van der Waals surface area contributed by atoms with Crippen LogP contribution in [0.3, 0.4) is 0 Å². The molecule has 0 spiro atoms. The van der Waals surface area contributed by atoms with E-state index < -0.39 is 0 Å². The fourth-order valence-corrected chi connectivity index (χ4v) is 3.01. The Morgan fingerprint density at radius 3 is 2.93 bits per heavy atom. The fourth-order valence-electron chi connectivity index (χ4n) is 1.83. The van der Waals surface area contributed by atoms with E-state index in [0.29, 0.717) is 12.7 Å². The summed E-state index contributed by atoms with van der Waals surface area (Å²) in [5, 5.41) is 0. The second-order valence-electron chi connectivity index (χ2n) is 3.86. The topological polar surface area (TPSA) is 6.48 Å². The SMILES string of the molecule is Fc1ccc2c(c1)SN(Cl)CN2C1CC1. The zero-order valence-corrected chi connectivity index (χ0v) is 9.56. The van der Waals surface area contributed by atoms with Crippen molar-refractivity contribution in [1.82, 2.24) is 3.82 Å². The third-order valence-corrected chi connectivity index (χ3v) is 3.83. The van der Waals surface area contributed by atoms with Gasteiger partial charge in [-0.1, -0.05) is 0 Å². The molecule has 0 amide bonds. The Bertz CT molecular complexity index is 397. The first-order chi connectivity index (χ1) is 7.24. The van der Waals surface area contributed by atoms with Gasteiger partial charge < -0.3 is 4.90 Å². The van der Waals surface area contributed by atoms with E-state index in [4.69, 9.17) is 11.8 Å². The molecule has 5 heteroatoms. The fraction of sp³-hybridized carbons (Fsp3) is 0.400. The number of nitrogens with zero attached hydrogens (tertiary/aromatic N) is 2. The number of hydrogen-bond acceptors (Lipinski definition) is 3. The van der Waals surface area contributed by atoms with Crippen LogP contribution in [-0.2, 0) is 0 Å². The maximum absolute atomic E-state index is 13.1. The van der Waals surface area contributed by atoms with Crippen molar-refractivity contribution in [3.8, 4) is 0 Å². The summed E-state index contributed by atoms with van der Waals surface area (Å²) in [5.74, 6) is -0.205. The van der Waals surface area contributed by atoms with Crippen LogP contribution in [0.1, 0.15) is 12.8 Å². The molecule has 0 atom stereocenters. The Kier molecular flexibility index (Phi) is 2.30. The Morgan fingerprint density at radius 2 is 2.20 bits per heavy atom. The van der Waals surface area contributed by atoms with E-state index in [1.54, 1.807) is 9.89 Å². The van der Waals surface area contributed by atoms with Gasteiger partial charge in [-0.2, -0.15) is 0 Å². The van der Waals surface area contributed by atoms with Crippen molar-refractivity contribution in [3.05, 3.63) is 24.0 Å². The van der Waals surface area contributed by atoms with E-state index in [-0.39, 0.29) is 5.82 Å². The quantitative estimate of drug-likeness (QED) is 0.553. The number of benzene rings is 1. The molecule has 1 aliphatic carbocycles. The van der Waals surface area contributed by atoms with Crippen LogP contribution >= 0.6 is 23.7 Å². The molecule has 0 radical (unpaired) electrons. The average molecular weight is 245 g/mol. The highest BCUT2D eigenvalue weighted by Gasteiger charge is 2.34. The predicted octanol–water partition coefficient (Wildman–Crippen LogP) is 3.23. The molecule has 0 aromatic heterocycles. The molecule has 0 unspecified atom stereocenters. The van der Waals surface area contributed by atoms with E-state index >= 15 is 0 Å². The number of anilines is 1. The molecule has 2 nitrogen and oxygen atoms in total. The molecular weight excluding hydrogens is 235 g/mol. The van der Waals surface area contributed by atoms with Crippen molar-refractivity contribution in [1.29, 1.82) is 0 Å². The average Bonchev–Trinajstić information content (AvgIpc) is 2.98. The summed E-state index contributed by atoms with van der Waals surface area (Å²) in [6, 6.07) is 5.50. The van der Waals surface area contributed by atoms with Gasteiger partial charge in [0.15, 0.2) is 0 Å². The molecule has 0 bridgehead atoms. The van der Waals surface area contributed by atoms with Crippen molar-refractivity contribution < 1.29 is 4.39 Å². The van der Waals surface area contributed by atoms with Gasteiger partial charge in [-0.05, 0) is 54.8 Å². The first-order valence-corrected chi connectivity index (χ1v) is 6.02. The van der Waals surface area contributed by atoms with Gasteiger partial charge in [0.05, 0.1) is 17.3 Å². The summed E-state index contributed by atoms with van der Waals surface area (Å²) in [6.07, 6.45) is 2.43. The van der Waals surface area contributed by atoms with Crippen molar-refractivity contribution in [2.24, 2.45) is 0 Å². The minimum Gasteiger partial charge on any atom is -0.352 e. The van der Waals surface area contributed by atoms with Gasteiger partial charge in [0, 0.05) is 6.04 Å². The van der Waals surface area contributed by atoms with Gasteiger partial charge in [-0.15, -0.1) is 3.82 Å². The molecule has 0 saturated heterocycles. The van der Waals surface area contributed by atoms with Gasteiger partial charge >= 0.3 is 0 Å². The molecule has 1 aromatic rings. The lowest BCUT2D eigenvalue weighted by Gasteiger charge is -2.34. The summed E-state index contributed by atoms with van der Waals surface area (Å²) >= 11 is 7.39. The molecule has 1 aromatic carbocycles. The predicted molar refractivity (Wildman–Crippen MR) is 60.3 cm³/mol. The minimum absolute atomic E-state index is 0.205. The van der Waals surface area contributed by atoms with Crippen LogP contribution in [0.25, 0.3) is 0 Å². The Morgan fingerprint density at radius 1 is 1.40 bits per heavy atom. The summed E-state index contributed by atoms with van der Waals surface area (Å²) in [5.41, 5.74) is 1.11. The van der Waals surface area contributed by atoms with Crippen LogP contribution in [0.15, 0.2) is 23.1 Å². The first-order valence-electron chi connectivity index (χ1n) is 4.91. The van der Waals surface area contributed by atoms with Crippen LogP contribution in [0.5, 0.6) is 0 Å². The van der Waals surface area contributed by atoms with Gasteiger partial charge in [0.25, 0.3) is 0 Å². The number of rotatable bonds is 1. The van der Waals surface area contributed by atoms with Gasteiger partial charge in [0.1, 0.15) is 5.82 Å². The molecule has 1 saturated carbocycles. The van der Waals surface area contributed by atoms with E-state index in [2.05, 4.69) is 4.90 Å². The Hall–Kier alpha value is -0.450. The van der Waals surface area contributed by atoms with E-state index in [1.165, 1.54) is 30.9 Å². The zero-order chi connectivity index (χ0) is 10.4. The standard InChI is InChI=1S/C10H10ClFN2S/c11-14-6-13(8-2-3-8)9-4-1-7(12)5-10(9)15-14/h1,4-5,8H,2-3,6H2. The molecule has 1 heterocycles. The van der Waals surface area contributed by atoms with Gasteiger partial charge in [-0.3, -0.25) is 0 Å². The highest BCUT2D eigenvalue weighted by molar-refractivity contribution is 7.98. The first kappa shape index (κ1) is 9.75. The van der Waals surface area contributed by atoms with Gasteiger partial charge in [0.2, 0.25) is 0 Å². The van der Waals surface area contributed by atoms with Gasteiger partial charge in [-0.25, -0.2) is 4.39 Å². The minimum atomic E-state index is -0.205. The highest BCUT2D eigenvalue weighted by atomic mass is 35.5. The van der Waals surface area contributed by atoms with E-state index in [9.17, 15) is 4.39 Å². The Labute approximate surface area is 97.2 Å². The lowest BCUT2D eigenvalue weighted by atomic mass is 10.3. The molecule has 3 rings (SSSR count). The molecule has 1 fully saturated rings. The molecule has 1 aliphatic heterocycles. The molecule has 80 valence electrons. The van der Waals surface area contributed by atoms with Crippen molar-refractivity contribution in [3.63, 3.8) is 0 Å². The lowest BCUT2D eigenvalue weighted by molar-refractivity contribution is 0.608. The largest absolute Gasteiger partial charge is 0.352 e. The van der Waals surface area contributed by atoms with Crippen molar-refractivity contribution >= 4 is 29.4 Å². The maximum Gasteiger partial charge on any atom is 0.124 e. The summed E-state index contributed by atoms with van der Waals surface area (Å²) in [7, 11) is 0.